The van der Waals surface area contributed by atoms with Crippen LogP contribution in [0, 0.1) is 0 Å². The Bertz CT molecular complexity index is 578. The summed E-state index contributed by atoms with van der Waals surface area (Å²) in [7, 11) is 3.82. The number of anilines is 4. The number of aryl methyl sites for hydroxylation is 1. The van der Waals surface area contributed by atoms with Gasteiger partial charge in [0.2, 0.25) is 0 Å². The molecule has 21 heavy (non-hydrogen) atoms. The summed E-state index contributed by atoms with van der Waals surface area (Å²) in [4.78, 5) is 10.3. The minimum absolute atomic E-state index is 0.553. The third-order valence-electron chi connectivity index (χ3n) is 3.32. The highest BCUT2D eigenvalue weighted by molar-refractivity contribution is 5.77. The first-order valence-electron chi connectivity index (χ1n) is 7.25. The van der Waals surface area contributed by atoms with Crippen LogP contribution in [-0.2, 0) is 6.42 Å². The van der Waals surface area contributed by atoms with Gasteiger partial charge in [0.25, 0.3) is 0 Å². The van der Waals surface area contributed by atoms with Crippen LogP contribution in [0.5, 0.6) is 0 Å². The molecule has 112 valence electrons. The highest BCUT2D eigenvalue weighted by Gasteiger charge is 2.09. The smallest absolute Gasteiger partial charge is 0.159 e. The van der Waals surface area contributed by atoms with Crippen molar-refractivity contribution >= 4 is 23.0 Å². The minimum atomic E-state index is 0.553. The summed E-state index contributed by atoms with van der Waals surface area (Å²) in [6.07, 6.45) is 5.07. The van der Waals surface area contributed by atoms with Crippen LogP contribution in [0.1, 0.15) is 25.3 Å². The van der Waals surface area contributed by atoms with Gasteiger partial charge < -0.3 is 16.0 Å². The fraction of sp³-hybridized carbons (Fsp3) is 0.375. The van der Waals surface area contributed by atoms with Gasteiger partial charge in [-0.15, -0.1) is 0 Å². The van der Waals surface area contributed by atoms with E-state index in [0.29, 0.717) is 17.3 Å². The number of unbranched alkanes of at least 4 members (excludes halogenated alkanes) is 1. The molecule has 0 aliphatic rings. The Hall–Kier alpha value is -2.30. The molecule has 0 amide bonds. The second kappa shape index (κ2) is 6.92. The van der Waals surface area contributed by atoms with E-state index in [-0.39, 0.29) is 0 Å². The summed E-state index contributed by atoms with van der Waals surface area (Å²) in [5.74, 6) is 1.35. The Labute approximate surface area is 126 Å². The van der Waals surface area contributed by atoms with Crippen LogP contribution in [-0.4, -0.2) is 24.1 Å². The topological polar surface area (TPSA) is 67.1 Å². The van der Waals surface area contributed by atoms with Gasteiger partial charge in [0, 0.05) is 19.8 Å². The molecular formula is C16H23N5. The molecule has 0 bridgehead atoms. The van der Waals surface area contributed by atoms with Gasteiger partial charge in [-0.25, -0.2) is 9.97 Å². The predicted octanol–water partition coefficient (Wildman–Crippen LogP) is 3.21. The molecule has 0 unspecified atom stereocenters. The number of benzene rings is 1. The van der Waals surface area contributed by atoms with Gasteiger partial charge in [-0.2, -0.15) is 0 Å². The number of rotatable bonds is 6. The van der Waals surface area contributed by atoms with Crippen LogP contribution in [0.2, 0.25) is 0 Å². The molecule has 1 heterocycles. The van der Waals surface area contributed by atoms with Crippen LogP contribution in [0.15, 0.2) is 30.6 Å². The van der Waals surface area contributed by atoms with E-state index in [1.54, 1.807) is 0 Å². The lowest BCUT2D eigenvalue weighted by atomic mass is 10.1. The van der Waals surface area contributed by atoms with Crippen LogP contribution in [0.4, 0.5) is 23.0 Å². The SMILES string of the molecule is CCCCc1ccc(Nc2ncnc(N(C)C)c2N)cc1. The average molecular weight is 285 g/mol. The molecule has 0 aliphatic carbocycles. The number of nitrogen functional groups attached to an aromatic ring is 1. The van der Waals surface area contributed by atoms with Gasteiger partial charge in [0.15, 0.2) is 11.6 Å². The second-order valence-corrected chi connectivity index (χ2v) is 5.28. The van der Waals surface area contributed by atoms with E-state index >= 15 is 0 Å². The average Bonchev–Trinajstić information content (AvgIpc) is 2.48. The molecule has 0 atom stereocenters. The molecule has 2 aromatic rings. The van der Waals surface area contributed by atoms with Crippen molar-refractivity contribution in [1.82, 2.24) is 9.97 Å². The molecule has 0 radical (unpaired) electrons. The Balaban J connectivity index is 2.13. The van der Waals surface area contributed by atoms with E-state index in [4.69, 9.17) is 5.73 Å². The molecular weight excluding hydrogens is 262 g/mol. The molecule has 5 heteroatoms. The maximum atomic E-state index is 6.10. The van der Waals surface area contributed by atoms with E-state index in [2.05, 4.69) is 46.5 Å². The number of hydrogen-bond donors (Lipinski definition) is 2. The first-order chi connectivity index (χ1) is 10.1. The molecule has 0 saturated carbocycles. The number of aromatic nitrogens is 2. The summed E-state index contributed by atoms with van der Waals surface area (Å²) in [5, 5.41) is 3.25. The first-order valence-corrected chi connectivity index (χ1v) is 7.25. The van der Waals surface area contributed by atoms with Crippen molar-refractivity contribution in [2.75, 3.05) is 30.0 Å². The van der Waals surface area contributed by atoms with Gasteiger partial charge in [-0.05, 0) is 30.5 Å². The standard InChI is InChI=1S/C16H23N5/c1-4-5-6-12-7-9-13(10-8-12)20-15-14(17)16(21(2)3)19-11-18-15/h7-11H,4-6,17H2,1-3H3,(H,18,19,20). The third-order valence-corrected chi connectivity index (χ3v) is 3.32. The Morgan fingerprint density at radius 3 is 2.48 bits per heavy atom. The lowest BCUT2D eigenvalue weighted by Gasteiger charge is -2.16. The molecule has 5 nitrogen and oxygen atoms in total. The molecule has 0 saturated heterocycles. The van der Waals surface area contributed by atoms with E-state index in [0.717, 1.165) is 12.1 Å². The Morgan fingerprint density at radius 2 is 1.86 bits per heavy atom. The van der Waals surface area contributed by atoms with Gasteiger partial charge in [0.1, 0.15) is 12.0 Å². The maximum Gasteiger partial charge on any atom is 0.159 e. The van der Waals surface area contributed by atoms with Crippen LogP contribution >= 0.6 is 0 Å². The van der Waals surface area contributed by atoms with Crippen molar-refractivity contribution in [2.45, 2.75) is 26.2 Å². The summed E-state index contributed by atoms with van der Waals surface area (Å²) >= 11 is 0. The highest BCUT2D eigenvalue weighted by atomic mass is 15.2. The number of nitrogens with zero attached hydrogens (tertiary/aromatic N) is 3. The van der Waals surface area contributed by atoms with Crippen molar-refractivity contribution in [1.29, 1.82) is 0 Å². The van der Waals surface area contributed by atoms with Crippen molar-refractivity contribution < 1.29 is 0 Å². The fourth-order valence-electron chi connectivity index (χ4n) is 2.11. The summed E-state index contributed by atoms with van der Waals surface area (Å²) in [6, 6.07) is 8.40. The van der Waals surface area contributed by atoms with Crippen molar-refractivity contribution in [2.24, 2.45) is 0 Å². The lowest BCUT2D eigenvalue weighted by molar-refractivity contribution is 0.795. The van der Waals surface area contributed by atoms with Gasteiger partial charge in [-0.1, -0.05) is 25.5 Å². The molecule has 0 fully saturated rings. The predicted molar refractivity (Wildman–Crippen MR) is 89.1 cm³/mol. The minimum Gasteiger partial charge on any atom is -0.393 e. The molecule has 0 aliphatic heterocycles. The molecule has 3 N–H and O–H groups in total. The van der Waals surface area contributed by atoms with Gasteiger partial charge in [-0.3, -0.25) is 0 Å². The number of nitrogens with two attached hydrogens (primary N) is 1. The Morgan fingerprint density at radius 1 is 1.14 bits per heavy atom. The quantitative estimate of drug-likeness (QED) is 0.853. The van der Waals surface area contributed by atoms with Crippen molar-refractivity contribution in [3.63, 3.8) is 0 Å². The molecule has 2 rings (SSSR count). The molecule has 1 aromatic carbocycles. The van der Waals surface area contributed by atoms with Crippen LogP contribution in [0.25, 0.3) is 0 Å². The second-order valence-electron chi connectivity index (χ2n) is 5.28. The van der Waals surface area contributed by atoms with Crippen molar-refractivity contribution in [3.05, 3.63) is 36.2 Å². The first kappa shape index (κ1) is 15.1. The monoisotopic (exact) mass is 285 g/mol. The normalized spacial score (nSPS) is 10.4. The van der Waals surface area contributed by atoms with E-state index in [1.807, 2.05) is 19.0 Å². The van der Waals surface area contributed by atoms with Crippen molar-refractivity contribution in [3.8, 4) is 0 Å². The third kappa shape index (κ3) is 3.84. The summed E-state index contributed by atoms with van der Waals surface area (Å²) in [5.41, 5.74) is 8.98. The van der Waals surface area contributed by atoms with E-state index in [9.17, 15) is 0 Å². The van der Waals surface area contributed by atoms with Gasteiger partial charge >= 0.3 is 0 Å². The van der Waals surface area contributed by atoms with Gasteiger partial charge in [0.05, 0.1) is 0 Å². The molecule has 0 spiro atoms. The lowest BCUT2D eigenvalue weighted by Crippen LogP contribution is -2.14. The number of nitrogens with one attached hydrogen (secondary N) is 1. The zero-order chi connectivity index (χ0) is 15.2. The fourth-order valence-corrected chi connectivity index (χ4v) is 2.11. The highest BCUT2D eigenvalue weighted by Crippen LogP contribution is 2.27. The van der Waals surface area contributed by atoms with E-state index < -0.39 is 0 Å². The maximum absolute atomic E-state index is 6.10. The van der Waals surface area contributed by atoms with E-state index in [1.165, 1.54) is 24.7 Å². The zero-order valence-electron chi connectivity index (χ0n) is 12.9. The Kier molecular flexibility index (Phi) is 4.98. The van der Waals surface area contributed by atoms with Crippen LogP contribution in [0.3, 0.4) is 0 Å². The largest absolute Gasteiger partial charge is 0.393 e. The summed E-state index contributed by atoms with van der Waals surface area (Å²) < 4.78 is 0. The van der Waals surface area contributed by atoms with Crippen LogP contribution < -0.4 is 16.0 Å². The summed E-state index contributed by atoms with van der Waals surface area (Å²) in [6.45, 7) is 2.20. The number of hydrogen-bond acceptors (Lipinski definition) is 5. The zero-order valence-corrected chi connectivity index (χ0v) is 12.9. The molecule has 1 aromatic heterocycles.